The van der Waals surface area contributed by atoms with Crippen molar-refractivity contribution in [3.8, 4) is 10.8 Å². The van der Waals surface area contributed by atoms with Crippen LogP contribution in [0.1, 0.15) is 31.2 Å². The lowest BCUT2D eigenvalue weighted by Crippen LogP contribution is -2.21. The number of aryl methyl sites for hydroxylation is 1. The molecule has 1 unspecified atom stereocenters. The van der Waals surface area contributed by atoms with E-state index in [1.165, 1.54) is 11.8 Å². The molecular weight excluding hydrogens is 280 g/mol. The molecule has 0 spiro atoms. The molecule has 6 heteroatoms. The van der Waals surface area contributed by atoms with Gasteiger partial charge in [-0.05, 0) is 36.8 Å². The molecule has 0 N–H and O–H groups in total. The Morgan fingerprint density at radius 2 is 2.32 bits per heavy atom. The van der Waals surface area contributed by atoms with Gasteiger partial charge in [0.2, 0.25) is 0 Å². The van der Waals surface area contributed by atoms with Crippen molar-refractivity contribution < 1.29 is 9.21 Å². The van der Waals surface area contributed by atoms with Crippen molar-refractivity contribution in [2.24, 2.45) is 0 Å². The minimum absolute atomic E-state index is 0.00789. The van der Waals surface area contributed by atoms with E-state index < -0.39 is 0 Å². The lowest BCUT2D eigenvalue weighted by Gasteiger charge is -2.17. The summed E-state index contributed by atoms with van der Waals surface area (Å²) in [6.07, 6.45) is 3.72. The van der Waals surface area contributed by atoms with Gasteiger partial charge in [0.05, 0.1) is 10.1 Å². The lowest BCUT2D eigenvalue weighted by molar-refractivity contribution is -0.119. The summed E-state index contributed by atoms with van der Waals surface area (Å²) in [5.74, 6) is 0.863. The second-order valence-corrected chi connectivity index (χ2v) is 6.69. The van der Waals surface area contributed by atoms with Crippen molar-refractivity contribution in [2.45, 2.75) is 43.1 Å². The number of ketones is 1. The maximum Gasteiger partial charge on any atom is 0.277 e. The number of thiophene rings is 1. The second kappa shape index (κ2) is 5.46. The Labute approximate surface area is 119 Å². The van der Waals surface area contributed by atoms with Gasteiger partial charge in [-0.2, -0.15) is 0 Å². The number of rotatable bonds is 3. The molecule has 1 aliphatic carbocycles. The Bertz CT molecular complexity index is 591. The van der Waals surface area contributed by atoms with E-state index in [2.05, 4.69) is 10.2 Å². The average Bonchev–Trinajstić information content (AvgIpc) is 3.01. The molecule has 0 bridgehead atoms. The predicted molar refractivity (Wildman–Crippen MR) is 75.5 cm³/mol. The number of carbonyl (C=O) groups is 1. The molecule has 1 atom stereocenters. The Hall–Kier alpha value is -1.14. The van der Waals surface area contributed by atoms with Crippen LogP contribution in [0.3, 0.4) is 0 Å². The first kappa shape index (κ1) is 12.9. The fraction of sp³-hybridized carbons (Fsp3) is 0.462. The van der Waals surface area contributed by atoms with E-state index >= 15 is 0 Å². The van der Waals surface area contributed by atoms with Crippen molar-refractivity contribution in [3.63, 3.8) is 0 Å². The number of hydrogen-bond acceptors (Lipinski definition) is 6. The zero-order valence-electron chi connectivity index (χ0n) is 10.6. The molecule has 1 fully saturated rings. The minimum Gasteiger partial charge on any atom is -0.410 e. The molecule has 1 aliphatic rings. The molecule has 0 aliphatic heterocycles. The number of nitrogens with zero attached hydrogens (tertiary/aromatic N) is 2. The van der Waals surface area contributed by atoms with Crippen LogP contribution in [0.2, 0.25) is 0 Å². The number of aromatic nitrogens is 2. The van der Waals surface area contributed by atoms with E-state index in [1.807, 2.05) is 18.4 Å². The van der Waals surface area contributed by atoms with Gasteiger partial charge in [-0.1, -0.05) is 18.2 Å². The summed E-state index contributed by atoms with van der Waals surface area (Å²) in [4.78, 5) is 12.8. The standard InChI is InChI=1S/C13H14N2O2S2/c1-8-6-7-18-11(8)12-14-15-13(17-12)19-10-5-3-2-4-9(10)16/h6-7,10H,2-5H2,1H3. The molecule has 4 nitrogen and oxygen atoms in total. The summed E-state index contributed by atoms with van der Waals surface area (Å²) < 4.78 is 5.66. The summed E-state index contributed by atoms with van der Waals surface area (Å²) in [7, 11) is 0. The van der Waals surface area contributed by atoms with E-state index in [9.17, 15) is 4.79 Å². The van der Waals surface area contributed by atoms with Crippen molar-refractivity contribution in [2.75, 3.05) is 0 Å². The monoisotopic (exact) mass is 294 g/mol. The fourth-order valence-corrected chi connectivity index (χ4v) is 3.98. The Balaban J connectivity index is 1.75. The summed E-state index contributed by atoms with van der Waals surface area (Å²) >= 11 is 3.00. The molecule has 100 valence electrons. The molecule has 2 aromatic heterocycles. The zero-order chi connectivity index (χ0) is 13.2. The maximum atomic E-state index is 11.8. The molecule has 19 heavy (non-hydrogen) atoms. The smallest absolute Gasteiger partial charge is 0.277 e. The summed E-state index contributed by atoms with van der Waals surface area (Å²) in [5, 5.41) is 10.6. The number of thioether (sulfide) groups is 1. The van der Waals surface area contributed by atoms with Crippen molar-refractivity contribution in [3.05, 3.63) is 17.0 Å². The lowest BCUT2D eigenvalue weighted by atomic mass is 9.99. The van der Waals surface area contributed by atoms with Crippen LogP contribution in [0.15, 0.2) is 21.1 Å². The van der Waals surface area contributed by atoms with Crippen LogP contribution in [-0.2, 0) is 4.79 Å². The zero-order valence-corrected chi connectivity index (χ0v) is 12.2. The SMILES string of the molecule is Cc1ccsc1-c1nnc(SC2CCCCC2=O)o1. The number of carbonyl (C=O) groups excluding carboxylic acids is 1. The molecule has 2 aromatic rings. The topological polar surface area (TPSA) is 56.0 Å². The molecule has 0 aromatic carbocycles. The van der Waals surface area contributed by atoms with E-state index in [4.69, 9.17) is 4.42 Å². The van der Waals surface area contributed by atoms with E-state index in [0.29, 0.717) is 23.3 Å². The van der Waals surface area contributed by atoms with Crippen LogP contribution in [-0.4, -0.2) is 21.2 Å². The maximum absolute atomic E-state index is 11.8. The Morgan fingerprint density at radius 1 is 1.42 bits per heavy atom. The van der Waals surface area contributed by atoms with Gasteiger partial charge in [0.15, 0.2) is 0 Å². The number of hydrogen-bond donors (Lipinski definition) is 0. The van der Waals surface area contributed by atoms with E-state index in [1.54, 1.807) is 11.3 Å². The van der Waals surface area contributed by atoms with Crippen LogP contribution in [0.5, 0.6) is 0 Å². The van der Waals surface area contributed by atoms with E-state index in [-0.39, 0.29) is 5.25 Å². The highest BCUT2D eigenvalue weighted by Crippen LogP contribution is 2.34. The van der Waals surface area contributed by atoms with Crippen LogP contribution < -0.4 is 0 Å². The number of Topliss-reactive ketones (excluding diaryl/α,β-unsaturated/α-hetero) is 1. The third-order valence-electron chi connectivity index (χ3n) is 3.20. The van der Waals surface area contributed by atoms with Gasteiger partial charge >= 0.3 is 0 Å². The van der Waals surface area contributed by atoms with Crippen molar-refractivity contribution in [1.82, 2.24) is 10.2 Å². The predicted octanol–water partition coefficient (Wildman–Crippen LogP) is 3.71. The normalized spacial score (nSPS) is 19.8. The first-order valence-electron chi connectivity index (χ1n) is 6.31. The molecule has 3 rings (SSSR count). The van der Waals surface area contributed by atoms with Crippen LogP contribution in [0.25, 0.3) is 10.8 Å². The first-order chi connectivity index (χ1) is 9.24. The Morgan fingerprint density at radius 3 is 3.05 bits per heavy atom. The van der Waals surface area contributed by atoms with Crippen LogP contribution >= 0.6 is 23.1 Å². The van der Waals surface area contributed by atoms with Crippen molar-refractivity contribution in [1.29, 1.82) is 0 Å². The largest absolute Gasteiger partial charge is 0.410 e. The van der Waals surface area contributed by atoms with Gasteiger partial charge in [-0.3, -0.25) is 4.79 Å². The highest BCUT2D eigenvalue weighted by Gasteiger charge is 2.25. The van der Waals surface area contributed by atoms with Crippen LogP contribution in [0, 0.1) is 6.92 Å². The highest BCUT2D eigenvalue weighted by atomic mass is 32.2. The molecule has 0 amide bonds. The van der Waals surface area contributed by atoms with Crippen molar-refractivity contribution >= 4 is 28.9 Å². The molecular formula is C13H14N2O2S2. The third kappa shape index (κ3) is 2.74. The average molecular weight is 294 g/mol. The molecule has 2 heterocycles. The van der Waals surface area contributed by atoms with E-state index in [0.717, 1.165) is 29.7 Å². The molecule has 0 saturated heterocycles. The van der Waals surface area contributed by atoms with Gasteiger partial charge in [0.1, 0.15) is 5.78 Å². The van der Waals surface area contributed by atoms with Gasteiger partial charge in [-0.25, -0.2) is 0 Å². The first-order valence-corrected chi connectivity index (χ1v) is 8.07. The summed E-state index contributed by atoms with van der Waals surface area (Å²) in [6.45, 7) is 2.02. The quantitative estimate of drug-likeness (QED) is 0.863. The van der Waals surface area contributed by atoms with Crippen LogP contribution in [0.4, 0.5) is 0 Å². The van der Waals surface area contributed by atoms with Gasteiger partial charge in [0, 0.05) is 6.42 Å². The Kier molecular flexibility index (Phi) is 3.70. The molecule has 1 saturated carbocycles. The third-order valence-corrected chi connectivity index (χ3v) is 5.36. The fourth-order valence-electron chi connectivity index (χ4n) is 2.14. The molecule has 0 radical (unpaired) electrons. The highest BCUT2D eigenvalue weighted by molar-refractivity contribution is 8.00. The second-order valence-electron chi connectivity index (χ2n) is 4.62. The van der Waals surface area contributed by atoms with Gasteiger partial charge < -0.3 is 4.42 Å². The van der Waals surface area contributed by atoms with Gasteiger partial charge in [0.25, 0.3) is 11.1 Å². The summed E-state index contributed by atoms with van der Waals surface area (Å²) in [5.41, 5.74) is 1.14. The summed E-state index contributed by atoms with van der Waals surface area (Å²) in [6, 6.07) is 2.03. The van der Waals surface area contributed by atoms with Gasteiger partial charge in [-0.15, -0.1) is 21.5 Å². The minimum atomic E-state index is -0.00789.